The first-order valence-corrected chi connectivity index (χ1v) is 12.2. The van der Waals surface area contributed by atoms with Crippen molar-refractivity contribution in [3.63, 3.8) is 0 Å². The molecule has 0 bridgehead atoms. The number of carbonyl (C=O) groups is 1. The number of nitrogens with zero attached hydrogens (tertiary/aromatic N) is 1. The number of likely N-dealkylation sites (tertiary alicyclic amines) is 1. The van der Waals surface area contributed by atoms with E-state index >= 15 is 0 Å². The molecule has 2 fully saturated rings. The van der Waals surface area contributed by atoms with Crippen LogP contribution in [0.2, 0.25) is 0 Å². The normalized spacial score (nSPS) is 24.3. The quantitative estimate of drug-likeness (QED) is 0.631. The van der Waals surface area contributed by atoms with Gasteiger partial charge < -0.3 is 15.0 Å². The van der Waals surface area contributed by atoms with Gasteiger partial charge >= 0.3 is 0 Å². The summed E-state index contributed by atoms with van der Waals surface area (Å²) in [5, 5.41) is 2.94. The third-order valence-electron chi connectivity index (χ3n) is 5.69. The van der Waals surface area contributed by atoms with E-state index in [2.05, 4.69) is 5.32 Å². The van der Waals surface area contributed by atoms with Gasteiger partial charge in [-0.2, -0.15) is 4.31 Å². The molecule has 0 aromatic heterocycles. The standard InChI is InChI=1S/C21H33N3O4S/c1-17-15-24(16-18(2)28-17)29(26,27)20-9-7-19(8-10-20)21(25)22-11-6-14-23-12-4-3-5-13-23/h7-10,17-18H,3-6,11-16H2,1-2H3,(H,22,25)/p+1/t17-,18+. The summed E-state index contributed by atoms with van der Waals surface area (Å²) >= 11 is 0. The molecule has 0 unspecified atom stereocenters. The van der Waals surface area contributed by atoms with Crippen molar-refractivity contribution in [3.8, 4) is 0 Å². The Morgan fingerprint density at radius 1 is 1.10 bits per heavy atom. The number of amides is 1. The molecule has 2 heterocycles. The maximum Gasteiger partial charge on any atom is 0.251 e. The Bertz CT molecular complexity index is 766. The van der Waals surface area contributed by atoms with E-state index in [4.69, 9.17) is 4.74 Å². The molecule has 1 aromatic carbocycles. The average molecular weight is 425 g/mol. The van der Waals surface area contributed by atoms with Gasteiger partial charge in [-0.3, -0.25) is 4.79 Å². The largest absolute Gasteiger partial charge is 0.373 e. The SMILES string of the molecule is C[C@@H]1CN(S(=O)(=O)c2ccc(C(=O)NCCC[NH+]3CCCCC3)cc2)C[C@H](C)O1. The molecule has 2 saturated heterocycles. The third kappa shape index (κ3) is 6.01. The molecular weight excluding hydrogens is 390 g/mol. The molecule has 2 aliphatic heterocycles. The Labute approximate surface area is 174 Å². The third-order valence-corrected chi connectivity index (χ3v) is 7.54. The smallest absolute Gasteiger partial charge is 0.251 e. The van der Waals surface area contributed by atoms with Gasteiger partial charge in [-0.1, -0.05) is 0 Å². The minimum absolute atomic E-state index is 0.134. The van der Waals surface area contributed by atoms with Crippen molar-refractivity contribution in [1.82, 2.24) is 9.62 Å². The van der Waals surface area contributed by atoms with Crippen LogP contribution in [0.1, 0.15) is 49.9 Å². The summed E-state index contributed by atoms with van der Waals surface area (Å²) in [6.07, 6.45) is 4.64. The van der Waals surface area contributed by atoms with E-state index in [1.807, 2.05) is 13.8 Å². The highest BCUT2D eigenvalue weighted by molar-refractivity contribution is 7.89. The van der Waals surface area contributed by atoms with Crippen molar-refractivity contribution >= 4 is 15.9 Å². The van der Waals surface area contributed by atoms with Crippen molar-refractivity contribution in [3.05, 3.63) is 29.8 Å². The second-order valence-electron chi connectivity index (χ2n) is 8.27. The van der Waals surface area contributed by atoms with Gasteiger partial charge in [0.05, 0.1) is 36.7 Å². The first kappa shape index (κ1) is 22.2. The first-order valence-electron chi connectivity index (χ1n) is 10.7. The lowest BCUT2D eigenvalue weighted by Crippen LogP contribution is -3.12. The fourth-order valence-electron chi connectivity index (χ4n) is 4.20. The summed E-state index contributed by atoms with van der Waals surface area (Å²) in [4.78, 5) is 14.2. The predicted octanol–water partition coefficient (Wildman–Crippen LogP) is 0.673. The molecule has 2 aliphatic rings. The molecule has 2 N–H and O–H groups in total. The van der Waals surface area contributed by atoms with Gasteiger partial charge in [-0.25, -0.2) is 8.42 Å². The van der Waals surface area contributed by atoms with Gasteiger partial charge in [-0.15, -0.1) is 0 Å². The Morgan fingerprint density at radius 3 is 2.34 bits per heavy atom. The monoisotopic (exact) mass is 424 g/mol. The molecule has 8 heteroatoms. The summed E-state index contributed by atoms with van der Waals surface area (Å²) in [7, 11) is -3.58. The van der Waals surface area contributed by atoms with E-state index < -0.39 is 10.0 Å². The molecule has 7 nitrogen and oxygen atoms in total. The summed E-state index contributed by atoms with van der Waals surface area (Å²) in [5.74, 6) is -0.156. The van der Waals surface area contributed by atoms with E-state index in [1.54, 1.807) is 17.0 Å². The van der Waals surface area contributed by atoms with E-state index in [1.165, 1.54) is 48.8 Å². The van der Waals surface area contributed by atoms with Crippen molar-refractivity contribution in [2.75, 3.05) is 39.3 Å². The molecule has 0 radical (unpaired) electrons. The van der Waals surface area contributed by atoms with E-state index in [9.17, 15) is 13.2 Å². The van der Waals surface area contributed by atoms with Gasteiger partial charge in [0, 0.05) is 31.6 Å². The molecule has 0 spiro atoms. The number of carbonyl (C=O) groups excluding carboxylic acids is 1. The first-order chi connectivity index (χ1) is 13.9. The number of ether oxygens (including phenoxy) is 1. The zero-order chi connectivity index (χ0) is 20.9. The van der Waals surface area contributed by atoms with Gasteiger partial charge in [0.1, 0.15) is 0 Å². The number of hydrogen-bond donors (Lipinski definition) is 2. The van der Waals surface area contributed by atoms with Crippen LogP contribution in [0.4, 0.5) is 0 Å². The van der Waals surface area contributed by atoms with E-state index in [0.717, 1.165) is 13.0 Å². The van der Waals surface area contributed by atoms with Crippen molar-refractivity contribution < 1.29 is 22.8 Å². The number of nitrogens with one attached hydrogen (secondary N) is 2. The number of hydrogen-bond acceptors (Lipinski definition) is 4. The van der Waals surface area contributed by atoms with Crippen LogP contribution in [0.3, 0.4) is 0 Å². The zero-order valence-corrected chi connectivity index (χ0v) is 18.3. The maximum atomic E-state index is 12.9. The lowest BCUT2D eigenvalue weighted by molar-refractivity contribution is -0.904. The van der Waals surface area contributed by atoms with Gasteiger partial charge in [-0.05, 0) is 57.4 Å². The molecular formula is C21H34N3O4S+. The molecule has 1 aromatic rings. The van der Waals surface area contributed by atoms with Gasteiger partial charge in [0.2, 0.25) is 10.0 Å². The Kier molecular flexibility index (Phi) is 7.67. The lowest BCUT2D eigenvalue weighted by atomic mass is 10.1. The molecule has 3 rings (SSSR count). The predicted molar refractivity (Wildman–Crippen MR) is 112 cm³/mol. The second-order valence-corrected chi connectivity index (χ2v) is 10.2. The minimum atomic E-state index is -3.58. The van der Waals surface area contributed by atoms with Crippen molar-refractivity contribution in [2.24, 2.45) is 0 Å². The van der Waals surface area contributed by atoms with Crippen LogP contribution in [0.15, 0.2) is 29.2 Å². The van der Waals surface area contributed by atoms with E-state index in [0.29, 0.717) is 25.2 Å². The molecule has 29 heavy (non-hydrogen) atoms. The van der Waals surface area contributed by atoms with Crippen LogP contribution in [-0.2, 0) is 14.8 Å². The highest BCUT2D eigenvalue weighted by Gasteiger charge is 2.32. The average Bonchev–Trinajstić information content (AvgIpc) is 2.71. The fraction of sp³-hybridized carbons (Fsp3) is 0.667. The minimum Gasteiger partial charge on any atom is -0.373 e. The Balaban J connectivity index is 1.51. The molecule has 1 amide bonds. The molecule has 162 valence electrons. The second kappa shape index (κ2) is 10.0. The van der Waals surface area contributed by atoms with E-state index in [-0.39, 0.29) is 23.0 Å². The Hall–Kier alpha value is -1.48. The summed E-state index contributed by atoms with van der Waals surface area (Å²) in [5.41, 5.74) is 0.484. The fourth-order valence-corrected chi connectivity index (χ4v) is 5.79. The topological polar surface area (TPSA) is 80.2 Å². The van der Waals surface area contributed by atoms with Gasteiger partial charge in [0.25, 0.3) is 5.91 Å². The summed E-state index contributed by atoms with van der Waals surface area (Å²) < 4.78 is 32.9. The molecule has 0 aliphatic carbocycles. The van der Waals surface area contributed by atoms with Crippen molar-refractivity contribution in [1.29, 1.82) is 0 Å². The number of piperidine rings is 1. The number of benzene rings is 1. The van der Waals surface area contributed by atoms with Crippen LogP contribution in [0.25, 0.3) is 0 Å². The highest BCUT2D eigenvalue weighted by atomic mass is 32.2. The number of quaternary nitrogens is 1. The number of morpholine rings is 1. The lowest BCUT2D eigenvalue weighted by Gasteiger charge is -2.34. The maximum absolute atomic E-state index is 12.9. The van der Waals surface area contributed by atoms with Crippen LogP contribution in [0.5, 0.6) is 0 Å². The zero-order valence-electron chi connectivity index (χ0n) is 17.5. The number of sulfonamides is 1. The van der Waals surface area contributed by atoms with Crippen LogP contribution < -0.4 is 10.2 Å². The van der Waals surface area contributed by atoms with Crippen LogP contribution in [-0.4, -0.2) is 70.1 Å². The number of rotatable bonds is 7. The van der Waals surface area contributed by atoms with Crippen molar-refractivity contribution in [2.45, 2.75) is 56.6 Å². The van der Waals surface area contributed by atoms with Gasteiger partial charge in [0.15, 0.2) is 0 Å². The molecule has 2 atom stereocenters. The Morgan fingerprint density at radius 2 is 1.72 bits per heavy atom. The summed E-state index contributed by atoms with van der Waals surface area (Å²) in [6, 6.07) is 6.22. The van der Waals surface area contributed by atoms with Crippen LogP contribution in [0, 0.1) is 0 Å². The summed E-state index contributed by atoms with van der Waals surface area (Å²) in [6.45, 7) is 8.65. The highest BCUT2D eigenvalue weighted by Crippen LogP contribution is 2.21. The van der Waals surface area contributed by atoms with Crippen LogP contribution >= 0.6 is 0 Å². The molecule has 0 saturated carbocycles.